The van der Waals surface area contributed by atoms with Crippen LogP contribution >= 0.6 is 0 Å². The number of hydrogen-bond donors (Lipinski definition) is 0. The third kappa shape index (κ3) is 1.94. The lowest BCUT2D eigenvalue weighted by Crippen LogP contribution is -2.04. The molecule has 106 valence electrons. The molecule has 0 unspecified atom stereocenters. The molecular weight excluding hydrogens is 270 g/mol. The van der Waals surface area contributed by atoms with Gasteiger partial charge in [0.2, 0.25) is 0 Å². The van der Waals surface area contributed by atoms with Crippen LogP contribution in [0.25, 0.3) is 16.4 Å². The number of esters is 2. The molecule has 0 bridgehead atoms. The SMILES string of the molecule is COC(=O)c1ccc2c(C(=O)OC)c3ccccc3n2c1. The Morgan fingerprint density at radius 1 is 0.905 bits per heavy atom. The number of ether oxygens (including phenoxy) is 2. The number of aromatic nitrogens is 1. The number of para-hydroxylation sites is 1. The molecule has 0 atom stereocenters. The maximum Gasteiger partial charge on any atom is 0.340 e. The van der Waals surface area contributed by atoms with Gasteiger partial charge in [0.15, 0.2) is 0 Å². The van der Waals surface area contributed by atoms with Gasteiger partial charge in [0.05, 0.1) is 36.4 Å². The van der Waals surface area contributed by atoms with Crippen LogP contribution in [0.2, 0.25) is 0 Å². The number of methoxy groups -OCH3 is 2. The first-order chi connectivity index (χ1) is 10.2. The normalized spacial score (nSPS) is 10.8. The third-order valence-electron chi connectivity index (χ3n) is 3.45. The zero-order valence-corrected chi connectivity index (χ0v) is 11.6. The van der Waals surface area contributed by atoms with Crippen molar-refractivity contribution < 1.29 is 19.1 Å². The van der Waals surface area contributed by atoms with E-state index in [2.05, 4.69) is 0 Å². The summed E-state index contributed by atoms with van der Waals surface area (Å²) in [6.45, 7) is 0. The van der Waals surface area contributed by atoms with Crippen LogP contribution in [-0.4, -0.2) is 30.6 Å². The maximum absolute atomic E-state index is 12.1. The van der Waals surface area contributed by atoms with Crippen molar-refractivity contribution in [3.8, 4) is 0 Å². The summed E-state index contributed by atoms with van der Waals surface area (Å²) in [5.41, 5.74) is 2.43. The van der Waals surface area contributed by atoms with Crippen LogP contribution in [0.5, 0.6) is 0 Å². The number of carbonyl (C=O) groups is 2. The fourth-order valence-corrected chi connectivity index (χ4v) is 2.49. The van der Waals surface area contributed by atoms with Crippen LogP contribution in [0.1, 0.15) is 20.7 Å². The van der Waals surface area contributed by atoms with E-state index in [0.717, 1.165) is 10.9 Å². The van der Waals surface area contributed by atoms with Gasteiger partial charge in [0, 0.05) is 11.6 Å². The van der Waals surface area contributed by atoms with Crippen LogP contribution in [0.15, 0.2) is 42.6 Å². The quantitative estimate of drug-likeness (QED) is 0.678. The summed E-state index contributed by atoms with van der Waals surface area (Å²) >= 11 is 0. The molecule has 2 heterocycles. The molecule has 0 saturated carbocycles. The molecule has 0 aliphatic heterocycles. The lowest BCUT2D eigenvalue weighted by Gasteiger charge is -2.02. The number of rotatable bonds is 2. The highest BCUT2D eigenvalue weighted by molar-refractivity contribution is 6.12. The highest BCUT2D eigenvalue weighted by Crippen LogP contribution is 2.27. The Morgan fingerprint density at radius 2 is 1.62 bits per heavy atom. The van der Waals surface area contributed by atoms with Crippen molar-refractivity contribution in [1.82, 2.24) is 4.40 Å². The zero-order valence-electron chi connectivity index (χ0n) is 11.6. The minimum atomic E-state index is -0.422. The molecule has 3 rings (SSSR count). The van der Waals surface area contributed by atoms with Gasteiger partial charge < -0.3 is 13.9 Å². The molecule has 0 spiro atoms. The van der Waals surface area contributed by atoms with E-state index in [1.54, 1.807) is 22.7 Å². The van der Waals surface area contributed by atoms with Crippen LogP contribution in [-0.2, 0) is 9.47 Å². The Labute approximate surface area is 120 Å². The largest absolute Gasteiger partial charge is 0.465 e. The lowest BCUT2D eigenvalue weighted by molar-refractivity contribution is 0.0594. The molecule has 0 amide bonds. The maximum atomic E-state index is 12.1. The van der Waals surface area contributed by atoms with Crippen molar-refractivity contribution in [2.75, 3.05) is 14.2 Å². The van der Waals surface area contributed by atoms with Crippen LogP contribution < -0.4 is 0 Å². The third-order valence-corrected chi connectivity index (χ3v) is 3.45. The van der Waals surface area contributed by atoms with Crippen LogP contribution in [0.4, 0.5) is 0 Å². The van der Waals surface area contributed by atoms with Gasteiger partial charge in [0.25, 0.3) is 0 Å². The second kappa shape index (κ2) is 4.94. The van der Waals surface area contributed by atoms with Crippen molar-refractivity contribution in [3.05, 3.63) is 53.7 Å². The predicted molar refractivity (Wildman–Crippen MR) is 77.6 cm³/mol. The summed E-state index contributed by atoms with van der Waals surface area (Å²) in [4.78, 5) is 23.7. The van der Waals surface area contributed by atoms with Crippen molar-refractivity contribution in [3.63, 3.8) is 0 Å². The van der Waals surface area contributed by atoms with E-state index in [1.807, 2.05) is 24.3 Å². The van der Waals surface area contributed by atoms with Crippen LogP contribution in [0.3, 0.4) is 0 Å². The van der Waals surface area contributed by atoms with E-state index in [4.69, 9.17) is 9.47 Å². The van der Waals surface area contributed by atoms with E-state index < -0.39 is 11.9 Å². The lowest BCUT2D eigenvalue weighted by atomic mass is 10.1. The zero-order chi connectivity index (χ0) is 15.0. The minimum absolute atomic E-state index is 0.403. The molecule has 0 saturated heterocycles. The molecular formula is C16H13NO4. The first-order valence-electron chi connectivity index (χ1n) is 6.37. The van der Waals surface area contributed by atoms with Gasteiger partial charge in [-0.15, -0.1) is 0 Å². The van der Waals surface area contributed by atoms with Gasteiger partial charge in [-0.2, -0.15) is 0 Å². The second-order valence-electron chi connectivity index (χ2n) is 4.55. The fourth-order valence-electron chi connectivity index (χ4n) is 2.49. The number of hydrogen-bond acceptors (Lipinski definition) is 4. The monoisotopic (exact) mass is 283 g/mol. The first-order valence-corrected chi connectivity index (χ1v) is 6.37. The summed E-state index contributed by atoms with van der Waals surface area (Å²) < 4.78 is 11.4. The minimum Gasteiger partial charge on any atom is -0.465 e. The van der Waals surface area contributed by atoms with Gasteiger partial charge in [-0.3, -0.25) is 0 Å². The molecule has 0 fully saturated rings. The summed E-state index contributed by atoms with van der Waals surface area (Å²) in [5, 5.41) is 0.784. The Balaban J connectivity index is 2.40. The van der Waals surface area contributed by atoms with Gasteiger partial charge in [-0.25, -0.2) is 9.59 Å². The van der Waals surface area contributed by atoms with Crippen LogP contribution in [0, 0.1) is 0 Å². The van der Waals surface area contributed by atoms with Crippen molar-refractivity contribution in [2.45, 2.75) is 0 Å². The molecule has 2 aromatic heterocycles. The molecule has 0 aliphatic carbocycles. The number of carbonyl (C=O) groups excluding carboxylic acids is 2. The number of fused-ring (bicyclic) bond motifs is 3. The molecule has 5 heteroatoms. The fraction of sp³-hybridized carbons (Fsp3) is 0.125. The molecule has 0 aliphatic rings. The Morgan fingerprint density at radius 3 is 2.33 bits per heavy atom. The van der Waals surface area contributed by atoms with E-state index in [9.17, 15) is 9.59 Å². The Kier molecular flexibility index (Phi) is 3.10. The highest BCUT2D eigenvalue weighted by atomic mass is 16.5. The first kappa shape index (κ1) is 13.2. The molecule has 3 aromatic rings. The van der Waals surface area contributed by atoms with Gasteiger partial charge in [-0.1, -0.05) is 18.2 Å². The number of pyridine rings is 1. The van der Waals surface area contributed by atoms with Crippen molar-refractivity contribution in [1.29, 1.82) is 0 Å². The predicted octanol–water partition coefficient (Wildman–Crippen LogP) is 2.67. The summed E-state index contributed by atoms with van der Waals surface area (Å²) in [5.74, 6) is -0.825. The molecule has 0 radical (unpaired) electrons. The smallest absolute Gasteiger partial charge is 0.340 e. The number of benzene rings is 1. The highest BCUT2D eigenvalue weighted by Gasteiger charge is 2.19. The topological polar surface area (TPSA) is 57.0 Å². The summed E-state index contributed by atoms with van der Waals surface area (Å²) in [6.07, 6.45) is 1.66. The standard InChI is InChI=1S/C16H13NO4/c1-20-15(18)10-7-8-13-14(16(19)21-2)11-5-3-4-6-12(11)17(13)9-10/h3-9H,1-2H3. The van der Waals surface area contributed by atoms with E-state index in [-0.39, 0.29) is 0 Å². The average molecular weight is 283 g/mol. The van der Waals surface area contributed by atoms with Crippen molar-refractivity contribution >= 4 is 28.4 Å². The molecule has 0 N–H and O–H groups in total. The Bertz CT molecular complexity index is 863. The summed E-state index contributed by atoms with van der Waals surface area (Å²) in [6, 6.07) is 10.8. The van der Waals surface area contributed by atoms with E-state index >= 15 is 0 Å². The average Bonchev–Trinajstić information content (AvgIpc) is 2.87. The van der Waals surface area contributed by atoms with E-state index in [1.165, 1.54) is 14.2 Å². The van der Waals surface area contributed by atoms with Crippen molar-refractivity contribution in [2.24, 2.45) is 0 Å². The number of nitrogens with zero attached hydrogens (tertiary/aromatic N) is 1. The van der Waals surface area contributed by atoms with Gasteiger partial charge in [-0.05, 0) is 18.2 Å². The second-order valence-corrected chi connectivity index (χ2v) is 4.55. The molecule has 21 heavy (non-hydrogen) atoms. The molecule has 1 aromatic carbocycles. The summed E-state index contributed by atoms with van der Waals surface area (Å²) in [7, 11) is 2.68. The van der Waals surface area contributed by atoms with Gasteiger partial charge in [0.1, 0.15) is 0 Å². The van der Waals surface area contributed by atoms with Gasteiger partial charge >= 0.3 is 11.9 Å². The van der Waals surface area contributed by atoms with E-state index in [0.29, 0.717) is 16.6 Å². The molecule has 5 nitrogen and oxygen atoms in total. The Hall–Kier alpha value is -2.82.